The number of carbonyl (C=O) groups excluding carboxylic acids is 1. The zero-order valence-corrected chi connectivity index (χ0v) is 10.5. The van der Waals surface area contributed by atoms with Crippen LogP contribution in [-0.4, -0.2) is 35.1 Å². The maximum Gasteiger partial charge on any atom is 0.222 e. The van der Waals surface area contributed by atoms with Gasteiger partial charge in [-0.05, 0) is 37.0 Å². The molecule has 1 heterocycles. The summed E-state index contributed by atoms with van der Waals surface area (Å²) < 4.78 is 0. The monoisotopic (exact) mass is 248 g/mol. The number of β-amino-alcohol motifs (C(OH)–C–C–N with tert-alkyl or cyclic N) is 1. The number of carbonyl (C=O) groups is 1. The third-order valence-corrected chi connectivity index (χ3v) is 3.36. The van der Waals surface area contributed by atoms with E-state index in [0.717, 1.165) is 37.1 Å². The van der Waals surface area contributed by atoms with Gasteiger partial charge in [-0.15, -0.1) is 0 Å². The third kappa shape index (κ3) is 3.47. The molecule has 0 radical (unpaired) electrons. The quantitative estimate of drug-likeness (QED) is 0.789. The van der Waals surface area contributed by atoms with Crippen LogP contribution in [0.3, 0.4) is 0 Å². The van der Waals surface area contributed by atoms with E-state index in [2.05, 4.69) is 0 Å². The van der Waals surface area contributed by atoms with Gasteiger partial charge in [-0.25, -0.2) is 0 Å². The molecule has 0 bridgehead atoms. The molecule has 1 fully saturated rings. The summed E-state index contributed by atoms with van der Waals surface area (Å²) in [7, 11) is 0. The second-order valence-corrected chi connectivity index (χ2v) is 4.88. The van der Waals surface area contributed by atoms with E-state index in [0.29, 0.717) is 13.0 Å². The smallest absolute Gasteiger partial charge is 0.222 e. The lowest BCUT2D eigenvalue weighted by Gasteiger charge is -2.30. The molecule has 0 saturated carbocycles. The average Bonchev–Trinajstić information content (AvgIpc) is 2.38. The van der Waals surface area contributed by atoms with E-state index in [1.165, 1.54) is 0 Å². The normalized spacial score (nSPS) is 19.8. The Balaban J connectivity index is 1.82. The first-order valence-electron chi connectivity index (χ1n) is 6.45. The summed E-state index contributed by atoms with van der Waals surface area (Å²) in [5.41, 5.74) is 7.47. The highest BCUT2D eigenvalue weighted by atomic mass is 16.3. The number of benzene rings is 1. The van der Waals surface area contributed by atoms with Crippen LogP contribution in [0.4, 0.5) is 5.69 Å². The first-order chi connectivity index (χ1) is 8.65. The van der Waals surface area contributed by atoms with E-state index in [1.54, 1.807) is 4.90 Å². The average molecular weight is 248 g/mol. The minimum absolute atomic E-state index is 0.130. The number of hydrogen-bond acceptors (Lipinski definition) is 3. The zero-order valence-electron chi connectivity index (χ0n) is 10.5. The minimum atomic E-state index is -0.348. The molecule has 1 amide bonds. The lowest BCUT2D eigenvalue weighted by molar-refractivity contribution is -0.134. The molecule has 2 rings (SSSR count). The van der Waals surface area contributed by atoms with Crippen molar-refractivity contribution in [1.82, 2.24) is 4.90 Å². The Morgan fingerprint density at radius 2 is 2.11 bits per heavy atom. The molecular weight excluding hydrogens is 228 g/mol. The zero-order chi connectivity index (χ0) is 13.0. The molecule has 18 heavy (non-hydrogen) atoms. The summed E-state index contributed by atoms with van der Waals surface area (Å²) in [5, 5.41) is 9.54. The van der Waals surface area contributed by atoms with Crippen LogP contribution >= 0.6 is 0 Å². The molecule has 0 spiro atoms. The molecule has 3 N–H and O–H groups in total. The number of likely N-dealkylation sites (tertiary alicyclic amines) is 1. The van der Waals surface area contributed by atoms with Crippen molar-refractivity contribution < 1.29 is 9.90 Å². The Morgan fingerprint density at radius 3 is 2.78 bits per heavy atom. The number of aryl methyl sites for hydroxylation is 1. The van der Waals surface area contributed by atoms with Gasteiger partial charge in [0.25, 0.3) is 0 Å². The summed E-state index contributed by atoms with van der Waals surface area (Å²) in [4.78, 5) is 13.7. The molecule has 1 atom stereocenters. The number of nitrogens with two attached hydrogens (primary N) is 1. The summed E-state index contributed by atoms with van der Waals surface area (Å²) >= 11 is 0. The van der Waals surface area contributed by atoms with Crippen molar-refractivity contribution in [3.05, 3.63) is 29.8 Å². The number of piperidine rings is 1. The molecule has 1 aromatic rings. The fraction of sp³-hybridized carbons (Fsp3) is 0.500. The Labute approximate surface area is 107 Å². The van der Waals surface area contributed by atoms with E-state index >= 15 is 0 Å². The molecule has 1 aliphatic rings. The van der Waals surface area contributed by atoms with Gasteiger partial charge in [0, 0.05) is 25.2 Å². The highest BCUT2D eigenvalue weighted by Gasteiger charge is 2.21. The van der Waals surface area contributed by atoms with Gasteiger partial charge >= 0.3 is 0 Å². The second kappa shape index (κ2) is 5.87. The van der Waals surface area contributed by atoms with E-state index in [1.807, 2.05) is 24.3 Å². The summed E-state index contributed by atoms with van der Waals surface area (Å²) in [6.45, 7) is 1.26. The van der Waals surface area contributed by atoms with Gasteiger partial charge in [0.2, 0.25) is 5.91 Å². The molecular formula is C14H20N2O2. The number of nitrogen functional groups attached to an aromatic ring is 1. The van der Waals surface area contributed by atoms with Crippen LogP contribution in [0.2, 0.25) is 0 Å². The SMILES string of the molecule is Nc1ccc(CCC(=O)N2CCC[C@H](O)C2)cc1. The Hall–Kier alpha value is -1.55. The highest BCUT2D eigenvalue weighted by Crippen LogP contribution is 2.13. The number of rotatable bonds is 3. The van der Waals surface area contributed by atoms with E-state index < -0.39 is 0 Å². The van der Waals surface area contributed by atoms with Crippen LogP contribution in [0.25, 0.3) is 0 Å². The predicted molar refractivity (Wildman–Crippen MR) is 71.0 cm³/mol. The first kappa shape index (κ1) is 12.9. The predicted octanol–water partition coefficient (Wildman–Crippen LogP) is 1.18. The van der Waals surface area contributed by atoms with Gasteiger partial charge in [0.15, 0.2) is 0 Å². The fourth-order valence-electron chi connectivity index (χ4n) is 2.27. The molecule has 4 heteroatoms. The lowest BCUT2D eigenvalue weighted by atomic mass is 10.1. The van der Waals surface area contributed by atoms with Gasteiger partial charge in [-0.1, -0.05) is 12.1 Å². The van der Waals surface area contributed by atoms with E-state index in [4.69, 9.17) is 5.73 Å². The second-order valence-electron chi connectivity index (χ2n) is 4.88. The molecule has 1 aliphatic heterocycles. The van der Waals surface area contributed by atoms with Crippen molar-refractivity contribution in [2.45, 2.75) is 31.8 Å². The number of hydrogen-bond donors (Lipinski definition) is 2. The number of amides is 1. The van der Waals surface area contributed by atoms with Crippen molar-refractivity contribution in [2.75, 3.05) is 18.8 Å². The topological polar surface area (TPSA) is 66.6 Å². The summed E-state index contributed by atoms with van der Waals surface area (Å²) in [6.07, 6.45) is 2.58. The Bertz CT molecular complexity index is 403. The Morgan fingerprint density at radius 1 is 1.39 bits per heavy atom. The van der Waals surface area contributed by atoms with Crippen LogP contribution in [0.15, 0.2) is 24.3 Å². The molecule has 1 saturated heterocycles. The van der Waals surface area contributed by atoms with Gasteiger partial charge in [0.05, 0.1) is 6.10 Å². The molecule has 1 aromatic carbocycles. The fourth-order valence-corrected chi connectivity index (χ4v) is 2.27. The number of aliphatic hydroxyl groups is 1. The number of anilines is 1. The van der Waals surface area contributed by atoms with Crippen molar-refractivity contribution in [1.29, 1.82) is 0 Å². The molecule has 0 unspecified atom stereocenters. The number of aliphatic hydroxyl groups excluding tert-OH is 1. The molecule has 0 aliphatic carbocycles. The molecule has 98 valence electrons. The standard InChI is InChI=1S/C14H20N2O2/c15-12-6-3-11(4-7-12)5-8-14(18)16-9-1-2-13(17)10-16/h3-4,6-7,13,17H,1-2,5,8-10,15H2/t13-/m0/s1. The van der Waals surface area contributed by atoms with Crippen LogP contribution in [-0.2, 0) is 11.2 Å². The van der Waals surface area contributed by atoms with Crippen LogP contribution < -0.4 is 5.73 Å². The summed E-state index contributed by atoms with van der Waals surface area (Å²) in [5.74, 6) is 0.130. The van der Waals surface area contributed by atoms with Crippen LogP contribution in [0, 0.1) is 0 Å². The van der Waals surface area contributed by atoms with Crippen molar-refractivity contribution in [3.63, 3.8) is 0 Å². The van der Waals surface area contributed by atoms with Gasteiger partial charge in [-0.3, -0.25) is 4.79 Å². The van der Waals surface area contributed by atoms with Crippen LogP contribution in [0.1, 0.15) is 24.8 Å². The first-order valence-corrected chi connectivity index (χ1v) is 6.45. The van der Waals surface area contributed by atoms with E-state index in [9.17, 15) is 9.90 Å². The van der Waals surface area contributed by atoms with Crippen LogP contribution in [0.5, 0.6) is 0 Å². The van der Waals surface area contributed by atoms with Crippen molar-refractivity contribution in [2.24, 2.45) is 0 Å². The third-order valence-electron chi connectivity index (χ3n) is 3.36. The summed E-state index contributed by atoms with van der Waals surface area (Å²) in [6, 6.07) is 7.61. The van der Waals surface area contributed by atoms with Gasteiger partial charge in [0.1, 0.15) is 0 Å². The van der Waals surface area contributed by atoms with E-state index in [-0.39, 0.29) is 12.0 Å². The maximum atomic E-state index is 12.0. The molecule has 0 aromatic heterocycles. The van der Waals surface area contributed by atoms with Gasteiger partial charge in [-0.2, -0.15) is 0 Å². The van der Waals surface area contributed by atoms with Crippen molar-refractivity contribution in [3.8, 4) is 0 Å². The minimum Gasteiger partial charge on any atom is -0.399 e. The largest absolute Gasteiger partial charge is 0.399 e. The number of nitrogens with zero attached hydrogens (tertiary/aromatic N) is 1. The lowest BCUT2D eigenvalue weighted by Crippen LogP contribution is -2.42. The molecule has 4 nitrogen and oxygen atoms in total. The van der Waals surface area contributed by atoms with Gasteiger partial charge < -0.3 is 15.7 Å². The Kier molecular flexibility index (Phi) is 4.20. The highest BCUT2D eigenvalue weighted by molar-refractivity contribution is 5.76. The van der Waals surface area contributed by atoms with Crippen molar-refractivity contribution >= 4 is 11.6 Å². The maximum absolute atomic E-state index is 12.0.